The van der Waals surface area contributed by atoms with Gasteiger partial charge in [0.15, 0.2) is 17.6 Å². The van der Waals surface area contributed by atoms with Crippen LogP contribution >= 0.6 is 0 Å². The summed E-state index contributed by atoms with van der Waals surface area (Å²) in [4.78, 5) is 22.9. The molecule has 0 spiro atoms. The topological polar surface area (TPSA) is 85.8 Å². The van der Waals surface area contributed by atoms with Crippen molar-refractivity contribution in [2.45, 2.75) is 12.5 Å². The second-order valence-corrected chi connectivity index (χ2v) is 6.37. The van der Waals surface area contributed by atoms with E-state index in [2.05, 4.69) is 15.3 Å². The summed E-state index contributed by atoms with van der Waals surface area (Å²) in [6, 6.07) is 7.64. The van der Waals surface area contributed by atoms with E-state index in [-0.39, 0.29) is 5.91 Å². The molecule has 0 unspecified atom stereocenters. The lowest BCUT2D eigenvalue weighted by Gasteiger charge is -2.32. The normalized spacial score (nSPS) is 18.8. The number of nitrogens with one attached hydrogen (secondary N) is 1. The molecule has 1 amide bonds. The van der Waals surface area contributed by atoms with E-state index in [1.54, 1.807) is 18.5 Å². The lowest BCUT2D eigenvalue weighted by Crippen LogP contribution is -2.50. The van der Waals surface area contributed by atoms with Crippen LogP contribution in [0.5, 0.6) is 11.5 Å². The fraction of sp³-hybridized carbons (Fsp3) is 0.421. The summed E-state index contributed by atoms with van der Waals surface area (Å²) < 4.78 is 16.7. The Morgan fingerprint density at radius 1 is 1.15 bits per heavy atom. The Morgan fingerprint density at radius 2 is 1.96 bits per heavy atom. The molecule has 0 saturated carbocycles. The van der Waals surface area contributed by atoms with Gasteiger partial charge in [0.25, 0.3) is 5.91 Å². The molecule has 1 fully saturated rings. The van der Waals surface area contributed by atoms with Gasteiger partial charge in [-0.25, -0.2) is 9.97 Å². The van der Waals surface area contributed by atoms with Gasteiger partial charge < -0.3 is 24.4 Å². The fourth-order valence-electron chi connectivity index (χ4n) is 3.13. The van der Waals surface area contributed by atoms with Crippen LogP contribution in [0.15, 0.2) is 36.7 Å². The SMILES string of the molecule is O=C(NCCc1ccc2c(c1)OCCO2)[C@H]1CN(c2ncccn2)CCO1. The predicted molar refractivity (Wildman–Crippen MR) is 98.1 cm³/mol. The lowest BCUT2D eigenvalue weighted by atomic mass is 10.1. The van der Waals surface area contributed by atoms with Crippen molar-refractivity contribution in [3.05, 3.63) is 42.2 Å². The van der Waals surface area contributed by atoms with Crippen molar-refractivity contribution in [1.82, 2.24) is 15.3 Å². The number of carbonyl (C=O) groups excluding carboxylic acids is 1. The summed E-state index contributed by atoms with van der Waals surface area (Å²) in [5, 5.41) is 2.95. The Labute approximate surface area is 157 Å². The Morgan fingerprint density at radius 3 is 2.81 bits per heavy atom. The van der Waals surface area contributed by atoms with Crippen LogP contribution in [0.25, 0.3) is 0 Å². The molecule has 2 aromatic rings. The third-order valence-electron chi connectivity index (χ3n) is 4.51. The zero-order chi connectivity index (χ0) is 18.5. The van der Waals surface area contributed by atoms with Crippen LogP contribution in [0.2, 0.25) is 0 Å². The number of carbonyl (C=O) groups is 1. The first-order valence-electron chi connectivity index (χ1n) is 9.09. The fourth-order valence-corrected chi connectivity index (χ4v) is 3.13. The maximum Gasteiger partial charge on any atom is 0.251 e. The zero-order valence-electron chi connectivity index (χ0n) is 15.0. The van der Waals surface area contributed by atoms with Crippen LogP contribution in [0.1, 0.15) is 5.56 Å². The number of morpholine rings is 1. The summed E-state index contributed by atoms with van der Waals surface area (Å²) in [7, 11) is 0. The molecule has 0 radical (unpaired) electrons. The highest BCUT2D eigenvalue weighted by molar-refractivity contribution is 5.81. The summed E-state index contributed by atoms with van der Waals surface area (Å²) in [5.41, 5.74) is 1.09. The largest absolute Gasteiger partial charge is 0.486 e. The van der Waals surface area contributed by atoms with Crippen molar-refractivity contribution in [2.24, 2.45) is 0 Å². The van der Waals surface area contributed by atoms with Crippen molar-refractivity contribution in [2.75, 3.05) is 44.4 Å². The minimum Gasteiger partial charge on any atom is -0.486 e. The van der Waals surface area contributed by atoms with E-state index in [4.69, 9.17) is 14.2 Å². The van der Waals surface area contributed by atoms with E-state index in [1.165, 1.54) is 0 Å². The van der Waals surface area contributed by atoms with Crippen LogP contribution in [0.3, 0.4) is 0 Å². The van der Waals surface area contributed by atoms with Gasteiger partial charge >= 0.3 is 0 Å². The number of nitrogens with zero attached hydrogens (tertiary/aromatic N) is 3. The van der Waals surface area contributed by atoms with E-state index < -0.39 is 6.10 Å². The van der Waals surface area contributed by atoms with Crippen LogP contribution in [-0.2, 0) is 16.0 Å². The smallest absolute Gasteiger partial charge is 0.251 e. The Bertz CT molecular complexity index is 787. The molecule has 27 heavy (non-hydrogen) atoms. The monoisotopic (exact) mass is 370 g/mol. The maximum atomic E-state index is 12.4. The number of fused-ring (bicyclic) bond motifs is 1. The van der Waals surface area contributed by atoms with Crippen LogP contribution < -0.4 is 19.7 Å². The number of hydrogen-bond acceptors (Lipinski definition) is 7. The van der Waals surface area contributed by atoms with Crippen molar-refractivity contribution in [3.8, 4) is 11.5 Å². The zero-order valence-corrected chi connectivity index (χ0v) is 15.0. The first-order valence-corrected chi connectivity index (χ1v) is 9.09. The van der Waals surface area contributed by atoms with Gasteiger partial charge in [0.05, 0.1) is 13.2 Å². The second-order valence-electron chi connectivity index (χ2n) is 6.37. The van der Waals surface area contributed by atoms with Crippen LogP contribution in [0.4, 0.5) is 5.95 Å². The van der Waals surface area contributed by atoms with E-state index in [9.17, 15) is 4.79 Å². The number of rotatable bonds is 5. The van der Waals surface area contributed by atoms with Crippen molar-refractivity contribution in [1.29, 1.82) is 0 Å². The Balaban J connectivity index is 1.28. The first-order chi connectivity index (χ1) is 13.3. The molecule has 1 aromatic heterocycles. The molecule has 1 aromatic carbocycles. The van der Waals surface area contributed by atoms with Gasteiger partial charge in [-0.05, 0) is 30.2 Å². The molecule has 2 aliphatic rings. The van der Waals surface area contributed by atoms with E-state index in [0.717, 1.165) is 17.1 Å². The predicted octanol–water partition coefficient (Wildman–Crippen LogP) is 0.812. The summed E-state index contributed by atoms with van der Waals surface area (Å²) in [5.74, 6) is 2.04. The Hall–Kier alpha value is -2.87. The number of aromatic nitrogens is 2. The number of benzene rings is 1. The third-order valence-corrected chi connectivity index (χ3v) is 4.51. The van der Waals surface area contributed by atoms with Gasteiger partial charge in [0.2, 0.25) is 5.95 Å². The average molecular weight is 370 g/mol. The molecule has 0 aliphatic carbocycles. The number of amides is 1. The summed E-state index contributed by atoms with van der Waals surface area (Å²) in [6.07, 6.45) is 3.57. The molecular weight excluding hydrogens is 348 g/mol. The van der Waals surface area contributed by atoms with Gasteiger partial charge in [-0.15, -0.1) is 0 Å². The van der Waals surface area contributed by atoms with E-state index in [1.807, 2.05) is 23.1 Å². The van der Waals surface area contributed by atoms with Crippen molar-refractivity contribution >= 4 is 11.9 Å². The molecular formula is C19H22N4O4. The van der Waals surface area contributed by atoms with Gasteiger partial charge in [0.1, 0.15) is 13.2 Å². The molecule has 142 valence electrons. The van der Waals surface area contributed by atoms with Gasteiger partial charge in [-0.2, -0.15) is 0 Å². The molecule has 0 bridgehead atoms. The lowest BCUT2D eigenvalue weighted by molar-refractivity contribution is -0.133. The molecule has 8 nitrogen and oxygen atoms in total. The first kappa shape index (κ1) is 17.5. The van der Waals surface area contributed by atoms with E-state index >= 15 is 0 Å². The number of ether oxygens (including phenoxy) is 3. The number of anilines is 1. The molecule has 3 heterocycles. The highest BCUT2D eigenvalue weighted by atomic mass is 16.6. The second kappa shape index (κ2) is 8.22. The van der Waals surface area contributed by atoms with Crippen molar-refractivity contribution < 1.29 is 19.0 Å². The van der Waals surface area contributed by atoms with Crippen LogP contribution in [-0.4, -0.2) is 61.4 Å². The van der Waals surface area contributed by atoms with Crippen LogP contribution in [0, 0.1) is 0 Å². The standard InChI is InChI=1S/C19H22N4O4/c24-18(17-13-23(8-9-25-17)19-21-5-1-6-22-19)20-7-4-14-2-3-15-16(12-14)27-11-10-26-15/h1-3,5-6,12,17H,4,7-11,13H2,(H,20,24)/t17-/m1/s1. The maximum absolute atomic E-state index is 12.4. The Kier molecular flexibility index (Phi) is 5.34. The van der Waals surface area contributed by atoms with Crippen molar-refractivity contribution in [3.63, 3.8) is 0 Å². The molecule has 2 aliphatic heterocycles. The highest BCUT2D eigenvalue weighted by Crippen LogP contribution is 2.30. The molecule has 8 heteroatoms. The number of hydrogen-bond donors (Lipinski definition) is 1. The molecule has 1 atom stereocenters. The van der Waals surface area contributed by atoms with E-state index in [0.29, 0.717) is 51.8 Å². The summed E-state index contributed by atoms with van der Waals surface area (Å²) >= 11 is 0. The van der Waals surface area contributed by atoms with Gasteiger partial charge in [-0.3, -0.25) is 4.79 Å². The molecule has 1 saturated heterocycles. The van der Waals surface area contributed by atoms with Gasteiger partial charge in [0, 0.05) is 25.5 Å². The third kappa shape index (κ3) is 4.28. The quantitative estimate of drug-likeness (QED) is 0.834. The molecule has 1 N–H and O–H groups in total. The highest BCUT2D eigenvalue weighted by Gasteiger charge is 2.27. The summed E-state index contributed by atoms with van der Waals surface area (Å²) in [6.45, 7) is 3.26. The van der Waals surface area contributed by atoms with Gasteiger partial charge in [-0.1, -0.05) is 6.07 Å². The minimum atomic E-state index is -0.525. The molecule has 4 rings (SSSR count). The average Bonchev–Trinajstić information content (AvgIpc) is 2.74. The minimum absolute atomic E-state index is 0.117.